The first-order chi connectivity index (χ1) is 19.5. The average Bonchev–Trinajstić information content (AvgIpc) is 2.95. The van der Waals surface area contributed by atoms with Gasteiger partial charge in [-0.2, -0.15) is 13.2 Å². The predicted octanol–water partition coefficient (Wildman–Crippen LogP) is 7.94. The minimum Gasteiger partial charge on any atom is -0.480 e. The molecular formula is C30H24ClF4N3O3. The Balaban J connectivity index is 1.85. The number of pyridine rings is 1. The number of rotatable bonds is 8. The number of nitrogens with one attached hydrogen (secondary N) is 1. The zero-order valence-electron chi connectivity index (χ0n) is 22.1. The molecular weight excluding hydrogens is 562 g/mol. The lowest BCUT2D eigenvalue weighted by Crippen LogP contribution is -2.32. The first-order valence-electron chi connectivity index (χ1n) is 12.3. The SMILES string of the molecule is COc1ncc(C)c(NC(=O)c2cc(F)c(N=C(c3ccccc3)c3ccccc3)cc2OC(C)C(F)(F)F)c1Cl. The van der Waals surface area contributed by atoms with Gasteiger partial charge in [0, 0.05) is 23.4 Å². The summed E-state index contributed by atoms with van der Waals surface area (Å²) >= 11 is 6.29. The Morgan fingerprint density at radius 3 is 2.15 bits per heavy atom. The summed E-state index contributed by atoms with van der Waals surface area (Å²) in [5, 5.41) is 2.47. The third kappa shape index (κ3) is 6.83. The van der Waals surface area contributed by atoms with Crippen molar-refractivity contribution in [2.24, 2.45) is 4.99 Å². The third-order valence-electron chi connectivity index (χ3n) is 5.99. The Labute approximate surface area is 238 Å². The van der Waals surface area contributed by atoms with Gasteiger partial charge in [0.25, 0.3) is 5.91 Å². The largest absolute Gasteiger partial charge is 0.480 e. The topological polar surface area (TPSA) is 72.8 Å². The number of amides is 1. The van der Waals surface area contributed by atoms with Gasteiger partial charge in [-0.25, -0.2) is 14.4 Å². The second-order valence-corrected chi connectivity index (χ2v) is 9.27. The number of carbonyl (C=O) groups excluding carboxylic acids is 1. The molecule has 41 heavy (non-hydrogen) atoms. The highest BCUT2D eigenvalue weighted by atomic mass is 35.5. The number of aromatic nitrogens is 1. The number of alkyl halides is 3. The molecule has 0 fully saturated rings. The van der Waals surface area contributed by atoms with E-state index < -0.39 is 35.3 Å². The lowest BCUT2D eigenvalue weighted by Gasteiger charge is -2.21. The van der Waals surface area contributed by atoms with Gasteiger partial charge in [-0.3, -0.25) is 4.79 Å². The zero-order valence-corrected chi connectivity index (χ0v) is 22.8. The summed E-state index contributed by atoms with van der Waals surface area (Å²) in [5.41, 5.74) is 1.36. The zero-order chi connectivity index (χ0) is 29.7. The van der Waals surface area contributed by atoms with E-state index in [0.717, 1.165) is 19.1 Å². The van der Waals surface area contributed by atoms with Crippen LogP contribution >= 0.6 is 11.6 Å². The number of carbonyl (C=O) groups is 1. The Kier molecular flexibility index (Phi) is 8.92. The predicted molar refractivity (Wildman–Crippen MR) is 149 cm³/mol. The molecule has 6 nitrogen and oxygen atoms in total. The van der Waals surface area contributed by atoms with Crippen LogP contribution in [0.25, 0.3) is 0 Å². The lowest BCUT2D eigenvalue weighted by atomic mass is 10.0. The van der Waals surface area contributed by atoms with Crippen molar-refractivity contribution in [1.29, 1.82) is 0 Å². The molecule has 0 spiro atoms. The number of anilines is 1. The Morgan fingerprint density at radius 1 is 1.02 bits per heavy atom. The molecule has 3 aromatic carbocycles. The van der Waals surface area contributed by atoms with Crippen molar-refractivity contribution in [2.45, 2.75) is 26.1 Å². The van der Waals surface area contributed by atoms with Crippen LogP contribution in [0.5, 0.6) is 11.6 Å². The van der Waals surface area contributed by atoms with Crippen molar-refractivity contribution in [3.8, 4) is 11.6 Å². The molecule has 0 saturated heterocycles. The van der Waals surface area contributed by atoms with Gasteiger partial charge in [0.1, 0.15) is 22.3 Å². The van der Waals surface area contributed by atoms with E-state index in [4.69, 9.17) is 21.1 Å². The molecule has 1 N–H and O–H groups in total. The average molecular weight is 586 g/mol. The van der Waals surface area contributed by atoms with Crippen molar-refractivity contribution in [1.82, 2.24) is 4.98 Å². The molecule has 0 aliphatic rings. The number of hydrogen-bond donors (Lipinski definition) is 1. The Morgan fingerprint density at radius 2 is 1.61 bits per heavy atom. The van der Waals surface area contributed by atoms with Crippen LogP contribution in [0, 0.1) is 12.7 Å². The number of ether oxygens (including phenoxy) is 2. The van der Waals surface area contributed by atoms with Crippen molar-refractivity contribution in [3.05, 3.63) is 112 Å². The van der Waals surface area contributed by atoms with Crippen LogP contribution in [0.3, 0.4) is 0 Å². The van der Waals surface area contributed by atoms with Crippen molar-refractivity contribution >= 4 is 34.6 Å². The van der Waals surface area contributed by atoms with E-state index >= 15 is 4.39 Å². The molecule has 1 aromatic heterocycles. The molecule has 0 saturated carbocycles. The molecule has 4 rings (SSSR count). The van der Waals surface area contributed by atoms with Gasteiger partial charge in [-0.1, -0.05) is 72.3 Å². The van der Waals surface area contributed by atoms with Crippen molar-refractivity contribution < 1.29 is 31.8 Å². The minimum absolute atomic E-state index is 0.0138. The maximum Gasteiger partial charge on any atom is 0.425 e. The number of aliphatic imine (C=N–C) groups is 1. The van der Waals surface area contributed by atoms with Crippen LogP contribution < -0.4 is 14.8 Å². The van der Waals surface area contributed by atoms with Gasteiger partial charge in [0.05, 0.1) is 24.1 Å². The van der Waals surface area contributed by atoms with E-state index in [-0.39, 0.29) is 22.3 Å². The first kappa shape index (κ1) is 29.5. The number of halogens is 5. The fourth-order valence-corrected chi connectivity index (χ4v) is 4.12. The molecule has 11 heteroatoms. The number of methoxy groups -OCH3 is 1. The molecule has 1 atom stereocenters. The minimum atomic E-state index is -4.76. The number of hydrogen-bond acceptors (Lipinski definition) is 5. The van der Waals surface area contributed by atoms with Crippen molar-refractivity contribution in [3.63, 3.8) is 0 Å². The second kappa shape index (κ2) is 12.4. The van der Waals surface area contributed by atoms with Crippen molar-refractivity contribution in [2.75, 3.05) is 12.4 Å². The number of nitrogens with zero attached hydrogens (tertiary/aromatic N) is 2. The van der Waals surface area contributed by atoms with E-state index in [9.17, 15) is 18.0 Å². The molecule has 1 amide bonds. The van der Waals surface area contributed by atoms with Gasteiger partial charge >= 0.3 is 6.18 Å². The highest BCUT2D eigenvalue weighted by molar-refractivity contribution is 6.35. The molecule has 1 heterocycles. The summed E-state index contributed by atoms with van der Waals surface area (Å²) in [6.07, 6.45) is -5.69. The van der Waals surface area contributed by atoms with Gasteiger partial charge < -0.3 is 14.8 Å². The third-order valence-corrected chi connectivity index (χ3v) is 6.34. The molecule has 0 radical (unpaired) electrons. The van der Waals surface area contributed by atoms with Gasteiger partial charge in [-0.15, -0.1) is 0 Å². The first-order valence-corrected chi connectivity index (χ1v) is 12.6. The smallest absolute Gasteiger partial charge is 0.425 e. The quantitative estimate of drug-likeness (QED) is 0.168. The highest BCUT2D eigenvalue weighted by Gasteiger charge is 2.39. The van der Waals surface area contributed by atoms with Crippen LogP contribution in [0.15, 0.2) is 84.0 Å². The maximum absolute atomic E-state index is 15.5. The summed E-state index contributed by atoms with van der Waals surface area (Å²) in [4.78, 5) is 21.8. The summed E-state index contributed by atoms with van der Waals surface area (Å²) in [7, 11) is 1.33. The second-order valence-electron chi connectivity index (χ2n) is 8.89. The summed E-state index contributed by atoms with van der Waals surface area (Å²) < 4.78 is 66.2. The standard InChI is InChI=1S/C30H24ClF4N3O3/c1-17-16-36-29(40-3)25(31)26(17)38-28(39)21-14-22(32)23(15-24(21)41-18(2)30(33,34)35)37-27(19-10-6-4-7-11-19)20-12-8-5-9-13-20/h4-16,18H,1-3H3,(H,36,38,39). The summed E-state index contributed by atoms with van der Waals surface area (Å²) in [6, 6.07) is 19.5. The maximum atomic E-state index is 15.5. The summed E-state index contributed by atoms with van der Waals surface area (Å²) in [6.45, 7) is 2.38. The van der Waals surface area contributed by atoms with Gasteiger partial charge in [-0.05, 0) is 25.5 Å². The molecule has 0 bridgehead atoms. The lowest BCUT2D eigenvalue weighted by molar-refractivity contribution is -0.189. The molecule has 1 unspecified atom stereocenters. The Hall–Kier alpha value is -4.44. The Bertz CT molecular complexity index is 1540. The van der Waals surface area contributed by atoms with E-state index in [1.54, 1.807) is 67.6 Å². The van der Waals surface area contributed by atoms with Crippen LogP contribution in [0.2, 0.25) is 5.02 Å². The monoisotopic (exact) mass is 585 g/mol. The molecule has 0 aliphatic carbocycles. The van der Waals surface area contributed by atoms with Crippen LogP contribution in [0.4, 0.5) is 28.9 Å². The van der Waals surface area contributed by atoms with Crippen LogP contribution in [-0.2, 0) is 0 Å². The van der Waals surface area contributed by atoms with Gasteiger partial charge in [0.2, 0.25) is 5.88 Å². The molecule has 212 valence electrons. The van der Waals surface area contributed by atoms with E-state index in [0.29, 0.717) is 22.4 Å². The summed E-state index contributed by atoms with van der Waals surface area (Å²) in [5.74, 6) is -2.43. The highest BCUT2D eigenvalue weighted by Crippen LogP contribution is 2.36. The van der Waals surface area contributed by atoms with Crippen LogP contribution in [0.1, 0.15) is 34.0 Å². The van der Waals surface area contributed by atoms with Gasteiger partial charge in [0.15, 0.2) is 6.10 Å². The normalized spacial score (nSPS) is 11.9. The number of aryl methyl sites for hydroxylation is 1. The van der Waals surface area contributed by atoms with E-state index in [2.05, 4.69) is 15.3 Å². The molecule has 0 aliphatic heterocycles. The van der Waals surface area contributed by atoms with Crippen LogP contribution in [-0.4, -0.2) is 36.0 Å². The number of benzene rings is 3. The van der Waals surface area contributed by atoms with E-state index in [1.807, 2.05) is 0 Å². The fourth-order valence-electron chi connectivity index (χ4n) is 3.80. The molecule has 4 aromatic rings. The van der Waals surface area contributed by atoms with E-state index in [1.165, 1.54) is 13.3 Å². The fraction of sp³-hybridized carbons (Fsp3) is 0.167.